The highest BCUT2D eigenvalue weighted by molar-refractivity contribution is 5.86. The van der Waals surface area contributed by atoms with Gasteiger partial charge in [0.15, 0.2) is 0 Å². The normalized spacial score (nSPS) is 10.9. The average Bonchev–Trinajstić information content (AvgIpc) is 2.10. The summed E-state index contributed by atoms with van der Waals surface area (Å²) in [6.07, 6.45) is 0. The predicted octanol–water partition coefficient (Wildman–Crippen LogP) is 0.984. The van der Waals surface area contributed by atoms with Gasteiger partial charge in [0.1, 0.15) is 0 Å². The molecule has 0 aromatic heterocycles. The smallest absolute Gasteiger partial charge is 0.332 e. The van der Waals surface area contributed by atoms with Crippen molar-refractivity contribution < 1.29 is 14.6 Å². The van der Waals surface area contributed by atoms with E-state index in [1.807, 2.05) is 18.7 Å². The van der Waals surface area contributed by atoms with Crippen LogP contribution in [0.1, 0.15) is 13.8 Å². The van der Waals surface area contributed by atoms with Crippen molar-refractivity contribution in [2.75, 3.05) is 26.8 Å². The maximum Gasteiger partial charge on any atom is 0.332 e. The van der Waals surface area contributed by atoms with E-state index in [0.29, 0.717) is 19.2 Å². The average molecular weight is 201 g/mol. The molecule has 0 heterocycles. The molecule has 4 heteroatoms. The number of rotatable bonds is 7. The molecule has 0 aromatic rings. The Bertz CT molecular complexity index is 202. The Balaban J connectivity index is 4.09. The van der Waals surface area contributed by atoms with Crippen LogP contribution in [0.3, 0.4) is 0 Å². The molecule has 0 fully saturated rings. The van der Waals surface area contributed by atoms with E-state index in [1.54, 1.807) is 7.11 Å². The third-order valence-corrected chi connectivity index (χ3v) is 2.01. The minimum absolute atomic E-state index is 0.217. The van der Waals surface area contributed by atoms with Crippen LogP contribution >= 0.6 is 0 Å². The number of carboxylic acids is 1. The van der Waals surface area contributed by atoms with Gasteiger partial charge in [-0.2, -0.15) is 0 Å². The summed E-state index contributed by atoms with van der Waals surface area (Å²) in [6.45, 7) is 9.25. The van der Waals surface area contributed by atoms with Crippen LogP contribution < -0.4 is 0 Å². The fraction of sp³-hybridized carbons (Fsp3) is 0.700. The van der Waals surface area contributed by atoms with Crippen molar-refractivity contribution >= 4 is 5.97 Å². The Morgan fingerprint density at radius 1 is 1.57 bits per heavy atom. The lowest BCUT2D eigenvalue weighted by Gasteiger charge is -2.25. The molecular formula is C10H19NO3. The van der Waals surface area contributed by atoms with E-state index < -0.39 is 5.97 Å². The Labute approximate surface area is 85.2 Å². The molecule has 0 aliphatic rings. The largest absolute Gasteiger partial charge is 0.478 e. The van der Waals surface area contributed by atoms with Gasteiger partial charge in [-0.15, -0.1) is 0 Å². The van der Waals surface area contributed by atoms with Gasteiger partial charge in [0.2, 0.25) is 0 Å². The van der Waals surface area contributed by atoms with Gasteiger partial charge in [0.25, 0.3) is 0 Å². The van der Waals surface area contributed by atoms with E-state index in [4.69, 9.17) is 9.84 Å². The van der Waals surface area contributed by atoms with Crippen LogP contribution in [0, 0.1) is 0 Å². The van der Waals surface area contributed by atoms with Gasteiger partial charge in [-0.1, -0.05) is 6.58 Å². The molecule has 82 valence electrons. The van der Waals surface area contributed by atoms with Crippen molar-refractivity contribution in [1.82, 2.24) is 4.90 Å². The Hall–Kier alpha value is -0.870. The first kappa shape index (κ1) is 13.1. The maximum absolute atomic E-state index is 10.6. The highest BCUT2D eigenvalue weighted by Gasteiger charge is 2.13. The lowest BCUT2D eigenvalue weighted by atomic mass is 10.2. The first-order valence-electron chi connectivity index (χ1n) is 4.63. The monoisotopic (exact) mass is 201 g/mol. The number of carbonyl (C=O) groups is 1. The minimum Gasteiger partial charge on any atom is -0.478 e. The fourth-order valence-electron chi connectivity index (χ4n) is 1.04. The highest BCUT2D eigenvalue weighted by Crippen LogP contribution is 2.02. The Morgan fingerprint density at radius 2 is 2.14 bits per heavy atom. The standard InChI is InChI=1S/C10H19NO3/c1-8(2)11(5-6-14-4)7-9(3)10(12)13/h8H,3,5-7H2,1-2,4H3,(H,12,13). The molecule has 0 saturated heterocycles. The number of hydrogen-bond donors (Lipinski definition) is 1. The molecule has 0 amide bonds. The summed E-state index contributed by atoms with van der Waals surface area (Å²) >= 11 is 0. The van der Waals surface area contributed by atoms with Gasteiger partial charge in [0.05, 0.1) is 6.61 Å². The van der Waals surface area contributed by atoms with E-state index in [0.717, 1.165) is 6.54 Å². The van der Waals surface area contributed by atoms with Gasteiger partial charge in [-0.05, 0) is 13.8 Å². The molecule has 0 bridgehead atoms. The SMILES string of the molecule is C=C(CN(CCOC)C(C)C)C(=O)O. The quantitative estimate of drug-likeness (QED) is 0.624. The zero-order chi connectivity index (χ0) is 11.1. The van der Waals surface area contributed by atoms with Crippen LogP contribution in [-0.4, -0.2) is 48.8 Å². The minimum atomic E-state index is -0.937. The number of aliphatic carboxylic acids is 1. The molecule has 0 saturated carbocycles. The van der Waals surface area contributed by atoms with Gasteiger partial charge >= 0.3 is 5.97 Å². The molecule has 0 aliphatic heterocycles. The van der Waals surface area contributed by atoms with Crippen LogP contribution in [0.25, 0.3) is 0 Å². The predicted molar refractivity (Wildman–Crippen MR) is 55.4 cm³/mol. The first-order valence-corrected chi connectivity index (χ1v) is 4.63. The van der Waals surface area contributed by atoms with Crippen LogP contribution in [0.15, 0.2) is 12.2 Å². The van der Waals surface area contributed by atoms with Gasteiger partial charge in [-0.25, -0.2) is 4.79 Å². The zero-order valence-electron chi connectivity index (χ0n) is 9.12. The van der Waals surface area contributed by atoms with Gasteiger partial charge in [-0.3, -0.25) is 4.90 Å². The Kier molecular flexibility index (Phi) is 6.16. The summed E-state index contributed by atoms with van der Waals surface area (Å²) in [6, 6.07) is 0.293. The fourth-order valence-corrected chi connectivity index (χ4v) is 1.04. The second-order valence-corrected chi connectivity index (χ2v) is 3.47. The molecule has 0 radical (unpaired) electrons. The van der Waals surface area contributed by atoms with E-state index >= 15 is 0 Å². The molecule has 4 nitrogen and oxygen atoms in total. The highest BCUT2D eigenvalue weighted by atomic mass is 16.5. The van der Waals surface area contributed by atoms with E-state index in [2.05, 4.69) is 6.58 Å². The van der Waals surface area contributed by atoms with Crippen LogP contribution in [0.4, 0.5) is 0 Å². The summed E-state index contributed by atoms with van der Waals surface area (Å²) in [7, 11) is 1.63. The molecule has 14 heavy (non-hydrogen) atoms. The number of carboxylic acid groups (broad SMARTS) is 1. The lowest BCUT2D eigenvalue weighted by molar-refractivity contribution is -0.132. The molecule has 0 aliphatic carbocycles. The van der Waals surface area contributed by atoms with E-state index in [1.165, 1.54) is 0 Å². The first-order chi connectivity index (χ1) is 6.49. The number of methoxy groups -OCH3 is 1. The Morgan fingerprint density at radius 3 is 2.50 bits per heavy atom. The molecule has 1 N–H and O–H groups in total. The third-order valence-electron chi connectivity index (χ3n) is 2.01. The molecule has 0 rings (SSSR count). The summed E-state index contributed by atoms with van der Waals surface area (Å²) in [5.41, 5.74) is 0.217. The molecular weight excluding hydrogens is 182 g/mol. The topological polar surface area (TPSA) is 49.8 Å². The summed E-state index contributed by atoms with van der Waals surface area (Å²) in [5, 5.41) is 8.68. The van der Waals surface area contributed by atoms with Crippen molar-refractivity contribution in [3.63, 3.8) is 0 Å². The lowest BCUT2D eigenvalue weighted by Crippen LogP contribution is -2.36. The second-order valence-electron chi connectivity index (χ2n) is 3.47. The molecule has 0 spiro atoms. The number of nitrogens with zero attached hydrogens (tertiary/aromatic N) is 1. The van der Waals surface area contributed by atoms with E-state index in [-0.39, 0.29) is 5.57 Å². The third kappa shape index (κ3) is 4.99. The molecule has 0 aromatic carbocycles. The summed E-state index contributed by atoms with van der Waals surface area (Å²) in [5.74, 6) is -0.937. The number of ether oxygens (including phenoxy) is 1. The molecule has 0 atom stereocenters. The maximum atomic E-state index is 10.6. The van der Waals surface area contributed by atoms with Crippen molar-refractivity contribution in [3.8, 4) is 0 Å². The second kappa shape index (κ2) is 6.56. The van der Waals surface area contributed by atoms with Crippen molar-refractivity contribution in [2.24, 2.45) is 0 Å². The van der Waals surface area contributed by atoms with Gasteiger partial charge < -0.3 is 9.84 Å². The van der Waals surface area contributed by atoms with E-state index in [9.17, 15) is 4.79 Å². The zero-order valence-corrected chi connectivity index (χ0v) is 9.12. The van der Waals surface area contributed by atoms with Gasteiger partial charge in [0, 0.05) is 31.8 Å². The molecule has 0 unspecified atom stereocenters. The van der Waals surface area contributed by atoms with Crippen LogP contribution in [0.5, 0.6) is 0 Å². The number of hydrogen-bond acceptors (Lipinski definition) is 3. The van der Waals surface area contributed by atoms with Crippen molar-refractivity contribution in [3.05, 3.63) is 12.2 Å². The van der Waals surface area contributed by atoms with Crippen LogP contribution in [0.2, 0.25) is 0 Å². The van der Waals surface area contributed by atoms with Crippen LogP contribution in [-0.2, 0) is 9.53 Å². The summed E-state index contributed by atoms with van der Waals surface area (Å²) < 4.78 is 4.95. The summed E-state index contributed by atoms with van der Waals surface area (Å²) in [4.78, 5) is 12.6. The van der Waals surface area contributed by atoms with Crippen molar-refractivity contribution in [1.29, 1.82) is 0 Å². The van der Waals surface area contributed by atoms with Crippen molar-refractivity contribution in [2.45, 2.75) is 19.9 Å².